The average Bonchev–Trinajstić information content (AvgIpc) is 2.65. The van der Waals surface area contributed by atoms with Gasteiger partial charge in [0.05, 0.1) is 25.5 Å². The van der Waals surface area contributed by atoms with E-state index in [0.717, 1.165) is 69.4 Å². The molecule has 0 radical (unpaired) electrons. The van der Waals surface area contributed by atoms with E-state index in [4.69, 9.17) is 21.7 Å². The summed E-state index contributed by atoms with van der Waals surface area (Å²) in [7, 11) is 0. The quantitative estimate of drug-likeness (QED) is 0.418. The topological polar surface area (TPSA) is 58.1 Å². The van der Waals surface area contributed by atoms with Crippen molar-refractivity contribution in [2.24, 2.45) is 5.10 Å². The van der Waals surface area contributed by atoms with E-state index in [9.17, 15) is 0 Å². The third kappa shape index (κ3) is 7.37. The van der Waals surface area contributed by atoms with Gasteiger partial charge in [0.1, 0.15) is 5.75 Å². The fourth-order valence-electron chi connectivity index (χ4n) is 2.40. The molecule has 0 aromatic heterocycles. The highest BCUT2D eigenvalue weighted by Crippen LogP contribution is 2.13. The van der Waals surface area contributed by atoms with Crippen molar-refractivity contribution in [1.29, 1.82) is 0 Å². The number of hydrazone groups is 1. The van der Waals surface area contributed by atoms with Crippen molar-refractivity contribution in [3.05, 3.63) is 29.8 Å². The third-order valence-corrected chi connectivity index (χ3v) is 4.12. The molecule has 1 aromatic carbocycles. The zero-order valence-corrected chi connectivity index (χ0v) is 15.9. The lowest BCUT2D eigenvalue weighted by atomic mass is 10.1. The predicted octanol–water partition coefficient (Wildman–Crippen LogP) is 2.00. The Kier molecular flexibility index (Phi) is 8.65. The summed E-state index contributed by atoms with van der Waals surface area (Å²) in [4.78, 5) is 2.36. The molecule has 25 heavy (non-hydrogen) atoms. The van der Waals surface area contributed by atoms with Crippen molar-refractivity contribution < 1.29 is 9.47 Å². The van der Waals surface area contributed by atoms with Crippen molar-refractivity contribution in [3.63, 3.8) is 0 Å². The summed E-state index contributed by atoms with van der Waals surface area (Å²) in [5, 5.41) is 8.06. The molecule has 0 bridgehead atoms. The molecule has 0 atom stereocenters. The normalized spacial score (nSPS) is 15.7. The number of morpholine rings is 1. The summed E-state index contributed by atoms with van der Waals surface area (Å²) < 4.78 is 10.9. The van der Waals surface area contributed by atoms with Crippen molar-refractivity contribution in [2.45, 2.75) is 20.3 Å². The number of benzene rings is 1. The van der Waals surface area contributed by atoms with Crippen LogP contribution in [0, 0.1) is 0 Å². The van der Waals surface area contributed by atoms with Crippen LogP contribution in [0.3, 0.4) is 0 Å². The van der Waals surface area contributed by atoms with Crippen molar-refractivity contribution in [1.82, 2.24) is 15.6 Å². The molecular formula is C18H28N4O2S. The third-order valence-electron chi connectivity index (χ3n) is 3.89. The summed E-state index contributed by atoms with van der Waals surface area (Å²) in [6.45, 7) is 10.1. The molecule has 1 saturated heterocycles. The zero-order chi connectivity index (χ0) is 17.9. The van der Waals surface area contributed by atoms with Crippen LogP contribution >= 0.6 is 12.2 Å². The summed E-state index contributed by atoms with van der Waals surface area (Å²) >= 11 is 5.27. The second-order valence-electron chi connectivity index (χ2n) is 5.89. The van der Waals surface area contributed by atoms with Gasteiger partial charge in [0.2, 0.25) is 0 Å². The maximum absolute atomic E-state index is 5.58. The molecular weight excluding hydrogens is 336 g/mol. The van der Waals surface area contributed by atoms with Gasteiger partial charge in [-0.25, -0.2) is 0 Å². The van der Waals surface area contributed by atoms with E-state index in [2.05, 4.69) is 27.7 Å². The van der Waals surface area contributed by atoms with Crippen LogP contribution in [0.5, 0.6) is 5.75 Å². The van der Waals surface area contributed by atoms with Crippen LogP contribution in [-0.4, -0.2) is 61.7 Å². The first-order chi connectivity index (χ1) is 12.2. The Labute approximate surface area is 155 Å². The summed E-state index contributed by atoms with van der Waals surface area (Å²) in [6, 6.07) is 7.92. The van der Waals surface area contributed by atoms with Gasteiger partial charge in [0.25, 0.3) is 0 Å². The van der Waals surface area contributed by atoms with Gasteiger partial charge < -0.3 is 14.8 Å². The minimum absolute atomic E-state index is 0.538. The van der Waals surface area contributed by atoms with Gasteiger partial charge in [-0.15, -0.1) is 0 Å². The first-order valence-electron chi connectivity index (χ1n) is 8.80. The minimum atomic E-state index is 0.538. The van der Waals surface area contributed by atoms with Gasteiger partial charge in [0, 0.05) is 26.2 Å². The highest BCUT2D eigenvalue weighted by atomic mass is 32.1. The molecule has 1 aliphatic heterocycles. The van der Waals surface area contributed by atoms with Crippen LogP contribution in [0.25, 0.3) is 0 Å². The molecule has 1 heterocycles. The molecule has 0 saturated carbocycles. The average molecular weight is 365 g/mol. The molecule has 0 unspecified atom stereocenters. The molecule has 2 rings (SSSR count). The number of hydrogen-bond donors (Lipinski definition) is 2. The molecule has 138 valence electrons. The highest BCUT2D eigenvalue weighted by molar-refractivity contribution is 7.80. The van der Waals surface area contributed by atoms with E-state index in [1.807, 2.05) is 31.2 Å². The fraction of sp³-hybridized carbons (Fsp3) is 0.556. The van der Waals surface area contributed by atoms with Crippen molar-refractivity contribution in [3.8, 4) is 5.75 Å². The number of hydrogen-bond acceptors (Lipinski definition) is 5. The van der Waals surface area contributed by atoms with Crippen LogP contribution in [0.1, 0.15) is 25.8 Å². The Morgan fingerprint density at radius 1 is 1.28 bits per heavy atom. The largest absolute Gasteiger partial charge is 0.494 e. The Morgan fingerprint density at radius 2 is 2.00 bits per heavy atom. The highest BCUT2D eigenvalue weighted by Gasteiger charge is 2.09. The fourth-order valence-corrected chi connectivity index (χ4v) is 2.55. The second kappa shape index (κ2) is 11.0. The maximum atomic E-state index is 5.58. The lowest BCUT2D eigenvalue weighted by Gasteiger charge is -2.26. The molecule has 0 amide bonds. The van der Waals surface area contributed by atoms with Crippen LogP contribution in [0.15, 0.2) is 29.4 Å². The van der Waals surface area contributed by atoms with Gasteiger partial charge >= 0.3 is 0 Å². The Morgan fingerprint density at radius 3 is 2.68 bits per heavy atom. The SMILES string of the molecule is CCCOc1ccc(/C(C)=N/NC(=S)NCCN2CCOCC2)cc1. The van der Waals surface area contributed by atoms with Crippen LogP contribution in [0.4, 0.5) is 0 Å². The first kappa shape index (κ1) is 19.6. The van der Waals surface area contributed by atoms with Gasteiger partial charge in [-0.2, -0.15) is 5.10 Å². The monoisotopic (exact) mass is 364 g/mol. The first-order valence-corrected chi connectivity index (χ1v) is 9.21. The second-order valence-corrected chi connectivity index (χ2v) is 6.30. The lowest BCUT2D eigenvalue weighted by Crippen LogP contribution is -2.42. The van der Waals surface area contributed by atoms with E-state index < -0.39 is 0 Å². The Bertz CT molecular complexity index is 557. The van der Waals surface area contributed by atoms with E-state index in [-0.39, 0.29) is 0 Å². The summed E-state index contributed by atoms with van der Waals surface area (Å²) in [5.41, 5.74) is 4.81. The molecule has 2 N–H and O–H groups in total. The molecule has 0 aliphatic carbocycles. The molecule has 0 spiro atoms. The minimum Gasteiger partial charge on any atom is -0.494 e. The number of rotatable bonds is 8. The van der Waals surface area contributed by atoms with E-state index in [1.165, 1.54) is 0 Å². The summed E-state index contributed by atoms with van der Waals surface area (Å²) in [5.74, 6) is 0.881. The maximum Gasteiger partial charge on any atom is 0.187 e. The summed E-state index contributed by atoms with van der Waals surface area (Å²) in [6.07, 6.45) is 1.00. The number of nitrogens with zero attached hydrogens (tertiary/aromatic N) is 2. The standard InChI is InChI=1S/C18H28N4O2S/c1-3-12-24-17-6-4-16(5-7-17)15(2)20-21-18(25)19-8-9-22-10-13-23-14-11-22/h4-7H,3,8-14H2,1-2H3,(H2,19,21,25)/b20-15+. The molecule has 1 aliphatic rings. The zero-order valence-electron chi connectivity index (χ0n) is 15.1. The molecule has 7 heteroatoms. The number of thiocarbonyl (C=S) groups is 1. The van der Waals surface area contributed by atoms with Gasteiger partial charge in [-0.1, -0.05) is 6.92 Å². The van der Waals surface area contributed by atoms with E-state index in [0.29, 0.717) is 5.11 Å². The van der Waals surface area contributed by atoms with E-state index >= 15 is 0 Å². The predicted molar refractivity (Wildman–Crippen MR) is 105 cm³/mol. The van der Waals surface area contributed by atoms with Gasteiger partial charge in [-0.05, 0) is 55.4 Å². The molecule has 1 fully saturated rings. The van der Waals surface area contributed by atoms with Crippen LogP contribution in [-0.2, 0) is 4.74 Å². The Hall–Kier alpha value is -1.70. The van der Waals surface area contributed by atoms with Crippen LogP contribution < -0.4 is 15.5 Å². The van der Waals surface area contributed by atoms with Crippen molar-refractivity contribution in [2.75, 3.05) is 46.0 Å². The number of nitrogens with one attached hydrogen (secondary N) is 2. The van der Waals surface area contributed by atoms with E-state index in [1.54, 1.807) is 0 Å². The lowest BCUT2D eigenvalue weighted by molar-refractivity contribution is 0.0389. The smallest absolute Gasteiger partial charge is 0.187 e. The van der Waals surface area contributed by atoms with Gasteiger partial charge in [0.15, 0.2) is 5.11 Å². The Balaban J connectivity index is 1.70. The molecule has 6 nitrogen and oxygen atoms in total. The number of ether oxygens (including phenoxy) is 2. The molecule has 1 aromatic rings. The van der Waals surface area contributed by atoms with Gasteiger partial charge in [-0.3, -0.25) is 10.3 Å². The van der Waals surface area contributed by atoms with Crippen molar-refractivity contribution >= 4 is 23.0 Å². The van der Waals surface area contributed by atoms with Crippen LogP contribution in [0.2, 0.25) is 0 Å².